The molecule has 2 N–H and O–H groups in total. The Morgan fingerprint density at radius 1 is 1.25 bits per heavy atom. The molecule has 0 atom stereocenters. The van der Waals surface area contributed by atoms with Gasteiger partial charge < -0.3 is 5.11 Å². The van der Waals surface area contributed by atoms with Crippen molar-refractivity contribution in [2.45, 2.75) is 20.0 Å². The van der Waals surface area contributed by atoms with Crippen LogP contribution in [0.1, 0.15) is 40.1 Å². The monoisotopic (exact) mass is 430 g/mol. The Morgan fingerprint density at radius 2 is 1.93 bits per heavy atom. The van der Waals surface area contributed by atoms with Gasteiger partial charge in [0.05, 0.1) is 26.9 Å². The molecule has 1 aromatic heterocycles. The Bertz CT molecular complexity index is 1030. The Hall–Kier alpha value is -2.65. The summed E-state index contributed by atoms with van der Waals surface area (Å²) in [5, 5.41) is 12.4. The fourth-order valence-electron chi connectivity index (χ4n) is 2.20. The van der Waals surface area contributed by atoms with E-state index in [4.69, 9.17) is 11.6 Å². The van der Waals surface area contributed by atoms with E-state index in [0.717, 1.165) is 29.5 Å². The van der Waals surface area contributed by atoms with Crippen LogP contribution in [-0.4, -0.2) is 22.3 Å². The normalized spacial score (nSPS) is 10.9. The molecule has 3 aromatic rings. The molecule has 0 aliphatic carbocycles. The van der Waals surface area contributed by atoms with Gasteiger partial charge in [-0.25, -0.2) is 4.98 Å². The zero-order valence-corrected chi connectivity index (χ0v) is 16.2. The second-order valence-corrected chi connectivity index (χ2v) is 6.63. The number of nitrogens with one attached hydrogen (secondary N) is 1. The number of anilines is 1. The van der Waals surface area contributed by atoms with E-state index < -0.39 is 23.4 Å². The molecular formula is C18H14ClF3N2O3S. The minimum Gasteiger partial charge on any atom is -0.506 e. The number of hydrogen-bond acceptors (Lipinski definition) is 5. The molecule has 28 heavy (non-hydrogen) atoms. The van der Waals surface area contributed by atoms with Crippen molar-refractivity contribution >= 4 is 50.5 Å². The van der Waals surface area contributed by atoms with Gasteiger partial charge in [-0.2, -0.15) is 13.2 Å². The molecule has 148 valence electrons. The van der Waals surface area contributed by atoms with E-state index in [9.17, 15) is 27.9 Å². The molecule has 1 amide bonds. The highest BCUT2D eigenvalue weighted by atomic mass is 35.5. The van der Waals surface area contributed by atoms with Gasteiger partial charge in [-0.05, 0) is 30.3 Å². The lowest BCUT2D eigenvalue weighted by atomic mass is 10.1. The lowest BCUT2D eigenvalue weighted by molar-refractivity contribution is -0.137. The summed E-state index contributed by atoms with van der Waals surface area (Å²) in [4.78, 5) is 27.2. The summed E-state index contributed by atoms with van der Waals surface area (Å²) in [6, 6.07) is 5.38. The number of benzene rings is 2. The van der Waals surface area contributed by atoms with Crippen molar-refractivity contribution in [3.8, 4) is 5.75 Å². The van der Waals surface area contributed by atoms with Crippen LogP contribution in [0.4, 0.5) is 18.3 Å². The van der Waals surface area contributed by atoms with Crippen LogP contribution in [0.15, 0.2) is 30.3 Å². The number of aromatic hydroxyl groups is 1. The number of fused-ring (bicyclic) bond motifs is 1. The third-order valence-electron chi connectivity index (χ3n) is 3.41. The number of nitrogens with zero attached hydrogens (tertiary/aromatic N) is 1. The fourth-order valence-corrected chi connectivity index (χ4v) is 3.33. The van der Waals surface area contributed by atoms with Crippen LogP contribution in [0.2, 0.25) is 5.02 Å². The molecule has 3 rings (SSSR count). The van der Waals surface area contributed by atoms with Gasteiger partial charge in [-0.15, -0.1) is 0 Å². The standard InChI is InChI=1S/C16H8ClF3N2O3S.C2H6/c17-9-3-7(6-23)13(24)10(5-9)14(25)22-15-21-11-2-1-8(16(18,19)20)4-12(11)26-15;1-2/h1-6,24H,(H,21,22,25);1-2H3. The number of hydrogen-bond donors (Lipinski definition) is 2. The molecule has 0 radical (unpaired) electrons. The first-order valence-electron chi connectivity index (χ1n) is 7.96. The zero-order chi connectivity index (χ0) is 21.1. The summed E-state index contributed by atoms with van der Waals surface area (Å²) in [5.41, 5.74) is -0.964. The Kier molecular flexibility index (Phi) is 6.63. The predicted molar refractivity (Wildman–Crippen MR) is 102 cm³/mol. The van der Waals surface area contributed by atoms with Crippen LogP contribution in [0.5, 0.6) is 5.75 Å². The largest absolute Gasteiger partial charge is 0.506 e. The van der Waals surface area contributed by atoms with E-state index >= 15 is 0 Å². The van der Waals surface area contributed by atoms with Crippen LogP contribution < -0.4 is 5.32 Å². The van der Waals surface area contributed by atoms with Crippen molar-refractivity contribution in [3.63, 3.8) is 0 Å². The molecule has 0 saturated heterocycles. The Labute approximate surface area is 166 Å². The first-order valence-corrected chi connectivity index (χ1v) is 9.15. The summed E-state index contributed by atoms with van der Waals surface area (Å²) in [5.74, 6) is -1.36. The Morgan fingerprint density at radius 3 is 2.54 bits per heavy atom. The van der Waals surface area contributed by atoms with Gasteiger partial charge in [-0.1, -0.05) is 36.8 Å². The topological polar surface area (TPSA) is 79.3 Å². The van der Waals surface area contributed by atoms with E-state index in [2.05, 4.69) is 10.3 Å². The third kappa shape index (κ3) is 4.60. The van der Waals surface area contributed by atoms with Gasteiger partial charge >= 0.3 is 6.18 Å². The maximum atomic E-state index is 12.8. The fraction of sp³-hybridized carbons (Fsp3) is 0.167. The van der Waals surface area contributed by atoms with Crippen molar-refractivity contribution in [1.82, 2.24) is 4.98 Å². The summed E-state index contributed by atoms with van der Waals surface area (Å²) < 4.78 is 38.5. The average Bonchev–Trinajstić information content (AvgIpc) is 3.05. The average molecular weight is 431 g/mol. The van der Waals surface area contributed by atoms with Crippen molar-refractivity contribution in [3.05, 3.63) is 52.0 Å². The maximum Gasteiger partial charge on any atom is 0.416 e. The van der Waals surface area contributed by atoms with Crippen molar-refractivity contribution in [2.75, 3.05) is 5.32 Å². The molecular weight excluding hydrogens is 417 g/mol. The number of phenolic OH excluding ortho intramolecular Hbond substituents is 1. The van der Waals surface area contributed by atoms with Gasteiger partial charge in [0.1, 0.15) is 5.75 Å². The molecule has 5 nitrogen and oxygen atoms in total. The second kappa shape index (κ2) is 8.57. The van der Waals surface area contributed by atoms with Crippen LogP contribution in [0.3, 0.4) is 0 Å². The number of phenols is 1. The second-order valence-electron chi connectivity index (χ2n) is 5.16. The van der Waals surface area contributed by atoms with Gasteiger partial charge in [0, 0.05) is 5.02 Å². The van der Waals surface area contributed by atoms with E-state index in [1.165, 1.54) is 12.1 Å². The van der Waals surface area contributed by atoms with Crippen LogP contribution >= 0.6 is 22.9 Å². The highest BCUT2D eigenvalue weighted by Crippen LogP contribution is 2.35. The molecule has 0 aliphatic rings. The number of carbonyl (C=O) groups excluding carboxylic acids is 2. The summed E-state index contributed by atoms with van der Waals surface area (Å²) >= 11 is 6.65. The smallest absolute Gasteiger partial charge is 0.416 e. The highest BCUT2D eigenvalue weighted by Gasteiger charge is 2.30. The predicted octanol–water partition coefficient (Wildman–Crippen LogP) is 5.77. The summed E-state index contributed by atoms with van der Waals surface area (Å²) in [7, 11) is 0. The molecule has 0 fully saturated rings. The van der Waals surface area contributed by atoms with Crippen LogP contribution in [-0.2, 0) is 6.18 Å². The van der Waals surface area contributed by atoms with E-state index in [-0.39, 0.29) is 31.5 Å². The lowest BCUT2D eigenvalue weighted by Crippen LogP contribution is -2.12. The van der Waals surface area contributed by atoms with Crippen LogP contribution in [0.25, 0.3) is 10.2 Å². The third-order valence-corrected chi connectivity index (χ3v) is 4.56. The van der Waals surface area contributed by atoms with E-state index in [0.29, 0.717) is 6.29 Å². The molecule has 0 unspecified atom stereocenters. The molecule has 0 bridgehead atoms. The molecule has 2 aromatic carbocycles. The number of rotatable bonds is 3. The van der Waals surface area contributed by atoms with Gasteiger partial charge in [-0.3, -0.25) is 14.9 Å². The van der Waals surface area contributed by atoms with Gasteiger partial charge in [0.15, 0.2) is 11.4 Å². The molecule has 0 saturated carbocycles. The van der Waals surface area contributed by atoms with E-state index in [1.807, 2.05) is 13.8 Å². The molecule has 0 spiro atoms. The lowest BCUT2D eigenvalue weighted by Gasteiger charge is -2.06. The van der Waals surface area contributed by atoms with E-state index in [1.54, 1.807) is 0 Å². The minimum absolute atomic E-state index is 0.0383. The SMILES string of the molecule is CC.O=Cc1cc(Cl)cc(C(=O)Nc2nc3ccc(C(F)(F)F)cc3s2)c1O. The summed E-state index contributed by atoms with van der Waals surface area (Å²) in [6.07, 6.45) is -4.15. The first kappa shape index (κ1) is 21.6. The first-order chi connectivity index (χ1) is 13.2. The van der Waals surface area contributed by atoms with Gasteiger partial charge in [0.2, 0.25) is 0 Å². The molecule has 0 aliphatic heterocycles. The maximum absolute atomic E-state index is 12.8. The summed E-state index contributed by atoms with van der Waals surface area (Å²) in [6.45, 7) is 4.00. The number of amides is 1. The Balaban J connectivity index is 0.00000136. The highest BCUT2D eigenvalue weighted by molar-refractivity contribution is 7.22. The number of thiazole rings is 1. The number of halogens is 4. The van der Waals surface area contributed by atoms with Crippen molar-refractivity contribution in [1.29, 1.82) is 0 Å². The minimum atomic E-state index is -4.49. The van der Waals surface area contributed by atoms with Crippen molar-refractivity contribution in [2.24, 2.45) is 0 Å². The zero-order valence-electron chi connectivity index (χ0n) is 14.6. The number of aromatic nitrogens is 1. The number of alkyl halides is 3. The molecule has 10 heteroatoms. The quantitative estimate of drug-likeness (QED) is 0.517. The molecule has 1 heterocycles. The van der Waals surface area contributed by atoms with Crippen LogP contribution in [0, 0.1) is 0 Å². The van der Waals surface area contributed by atoms with Crippen molar-refractivity contribution < 1.29 is 27.9 Å². The van der Waals surface area contributed by atoms with Gasteiger partial charge in [0.25, 0.3) is 5.91 Å². The number of aldehydes is 1. The number of carbonyl (C=O) groups is 2.